The number of rotatable bonds is 9. The van der Waals surface area contributed by atoms with Crippen LogP contribution in [0.1, 0.15) is 58.8 Å². The Morgan fingerprint density at radius 3 is 2.25 bits per heavy atom. The van der Waals surface area contributed by atoms with Crippen molar-refractivity contribution >= 4 is 17.3 Å². The van der Waals surface area contributed by atoms with Crippen LogP contribution in [0.4, 0.5) is 0 Å². The maximum absolute atomic E-state index is 5.91. The van der Waals surface area contributed by atoms with Crippen LogP contribution in [-0.2, 0) is 0 Å². The highest BCUT2D eigenvalue weighted by atomic mass is 35.5. The third-order valence-corrected chi connectivity index (χ3v) is 3.71. The average Bonchev–Trinajstić information content (AvgIpc) is 3.09. The highest BCUT2D eigenvalue weighted by Gasteiger charge is 2.26. The van der Waals surface area contributed by atoms with Gasteiger partial charge in [0.2, 0.25) is 0 Å². The second-order valence-electron chi connectivity index (χ2n) is 5.01. The zero-order valence-corrected chi connectivity index (χ0v) is 11.6. The van der Waals surface area contributed by atoms with Crippen molar-refractivity contribution in [2.75, 3.05) is 12.4 Å². The van der Waals surface area contributed by atoms with Gasteiger partial charge in [-0.15, -0.1) is 11.6 Å². The highest BCUT2D eigenvalue weighted by Crippen LogP contribution is 2.31. The third-order valence-electron chi connectivity index (χ3n) is 3.43. The number of nitrogens with zero attached hydrogens (tertiary/aromatic N) is 1. The van der Waals surface area contributed by atoms with E-state index in [2.05, 4.69) is 13.8 Å². The molecule has 16 heavy (non-hydrogen) atoms. The summed E-state index contributed by atoms with van der Waals surface area (Å²) in [4.78, 5) is 4.69. The highest BCUT2D eigenvalue weighted by molar-refractivity contribution is 6.29. The predicted octanol–water partition coefficient (Wildman–Crippen LogP) is 4.68. The first-order chi connectivity index (χ1) is 7.81. The molecule has 94 valence electrons. The van der Waals surface area contributed by atoms with Gasteiger partial charge in [0.1, 0.15) is 0 Å². The van der Waals surface area contributed by atoms with Crippen molar-refractivity contribution in [3.8, 4) is 0 Å². The lowest BCUT2D eigenvalue weighted by Crippen LogP contribution is -2.07. The van der Waals surface area contributed by atoms with E-state index in [9.17, 15) is 0 Å². The Balaban J connectivity index is 2.24. The van der Waals surface area contributed by atoms with Crippen LogP contribution in [0.25, 0.3) is 0 Å². The summed E-state index contributed by atoms with van der Waals surface area (Å²) in [5.74, 6) is 2.28. The van der Waals surface area contributed by atoms with E-state index < -0.39 is 0 Å². The summed E-state index contributed by atoms with van der Waals surface area (Å²) in [6.45, 7) is 5.56. The van der Waals surface area contributed by atoms with E-state index in [1.54, 1.807) is 0 Å². The number of hydrogen-bond donors (Lipinski definition) is 0. The zero-order chi connectivity index (χ0) is 11.8. The molecule has 1 nitrogen and oxygen atoms in total. The Bertz CT molecular complexity index is 203. The lowest BCUT2D eigenvalue weighted by molar-refractivity contribution is 0.417. The minimum atomic E-state index is 0.650. The van der Waals surface area contributed by atoms with Gasteiger partial charge >= 0.3 is 0 Å². The van der Waals surface area contributed by atoms with Gasteiger partial charge in [-0.2, -0.15) is 0 Å². The van der Waals surface area contributed by atoms with Gasteiger partial charge in [0.25, 0.3) is 0 Å². The van der Waals surface area contributed by atoms with Crippen LogP contribution in [-0.4, -0.2) is 18.1 Å². The summed E-state index contributed by atoms with van der Waals surface area (Å²) < 4.78 is 0. The fourth-order valence-electron chi connectivity index (χ4n) is 2.34. The summed E-state index contributed by atoms with van der Waals surface area (Å²) in [6, 6.07) is 0. The van der Waals surface area contributed by atoms with Gasteiger partial charge in [-0.3, -0.25) is 4.99 Å². The minimum Gasteiger partial charge on any atom is -0.293 e. The van der Waals surface area contributed by atoms with E-state index in [4.69, 9.17) is 16.6 Å². The van der Waals surface area contributed by atoms with Crippen molar-refractivity contribution in [1.29, 1.82) is 0 Å². The lowest BCUT2D eigenvalue weighted by Gasteiger charge is -2.13. The molecular weight excluding hydrogens is 218 g/mol. The van der Waals surface area contributed by atoms with Crippen molar-refractivity contribution in [1.82, 2.24) is 0 Å². The molecule has 0 N–H and O–H groups in total. The van der Waals surface area contributed by atoms with Crippen molar-refractivity contribution in [2.24, 2.45) is 16.8 Å². The fraction of sp³-hybridized carbons (Fsp3) is 0.929. The first-order valence-electron chi connectivity index (χ1n) is 6.90. The Hall–Kier alpha value is -0.0400. The smallest absolute Gasteiger partial charge is 0.0606 e. The largest absolute Gasteiger partial charge is 0.293 e. The summed E-state index contributed by atoms with van der Waals surface area (Å²) in [7, 11) is 0. The van der Waals surface area contributed by atoms with Gasteiger partial charge in [0.05, 0.1) is 5.88 Å². The first-order valence-corrected chi connectivity index (χ1v) is 7.44. The van der Waals surface area contributed by atoms with E-state index >= 15 is 0 Å². The standard InChI is InChI=1S/C14H26ClN/c1-3-5-12(6-4-2)9-10-16-14(11-15)13-7-8-13/h12-13H,3-11H2,1-2H3. The van der Waals surface area contributed by atoms with E-state index in [-0.39, 0.29) is 0 Å². The first kappa shape index (κ1) is 14.0. The van der Waals surface area contributed by atoms with Gasteiger partial charge in [-0.25, -0.2) is 0 Å². The number of hydrogen-bond acceptors (Lipinski definition) is 1. The molecule has 0 spiro atoms. The number of halogens is 1. The normalized spacial score (nSPS) is 17.1. The Morgan fingerprint density at radius 1 is 1.19 bits per heavy atom. The molecule has 1 aliphatic carbocycles. The third kappa shape index (κ3) is 5.34. The van der Waals surface area contributed by atoms with Gasteiger partial charge in [0.15, 0.2) is 0 Å². The second-order valence-corrected chi connectivity index (χ2v) is 5.28. The van der Waals surface area contributed by atoms with Crippen LogP contribution in [0.3, 0.4) is 0 Å². The van der Waals surface area contributed by atoms with Crippen LogP contribution in [0.15, 0.2) is 4.99 Å². The molecule has 0 bridgehead atoms. The number of alkyl halides is 1. The summed E-state index contributed by atoms with van der Waals surface area (Å²) in [6.07, 6.45) is 9.23. The topological polar surface area (TPSA) is 12.4 Å². The zero-order valence-electron chi connectivity index (χ0n) is 10.8. The molecule has 1 rings (SSSR count). The molecule has 1 fully saturated rings. The maximum Gasteiger partial charge on any atom is 0.0606 e. The fourth-order valence-corrected chi connectivity index (χ4v) is 2.64. The molecule has 0 atom stereocenters. The predicted molar refractivity (Wildman–Crippen MR) is 73.7 cm³/mol. The molecule has 1 saturated carbocycles. The van der Waals surface area contributed by atoms with Crippen LogP contribution >= 0.6 is 11.6 Å². The van der Waals surface area contributed by atoms with Gasteiger partial charge in [-0.1, -0.05) is 39.5 Å². The molecule has 0 saturated heterocycles. The molecular formula is C14H26ClN. The monoisotopic (exact) mass is 243 g/mol. The van der Waals surface area contributed by atoms with Crippen LogP contribution in [0, 0.1) is 11.8 Å². The quantitative estimate of drug-likeness (QED) is 0.412. The molecule has 0 aromatic heterocycles. The molecule has 0 aromatic rings. The van der Waals surface area contributed by atoms with Crippen molar-refractivity contribution in [2.45, 2.75) is 58.8 Å². The number of aliphatic imine (C=N–C) groups is 1. The van der Waals surface area contributed by atoms with E-state index in [1.165, 1.54) is 50.7 Å². The summed E-state index contributed by atoms with van der Waals surface area (Å²) in [5, 5.41) is 0. The van der Waals surface area contributed by atoms with Crippen molar-refractivity contribution < 1.29 is 0 Å². The Kier molecular flexibility index (Phi) is 7.11. The van der Waals surface area contributed by atoms with E-state index in [0.29, 0.717) is 5.88 Å². The Labute approximate surface area is 106 Å². The molecule has 1 aliphatic rings. The van der Waals surface area contributed by atoms with Crippen LogP contribution < -0.4 is 0 Å². The van der Waals surface area contributed by atoms with Gasteiger partial charge in [-0.05, 0) is 31.1 Å². The molecule has 0 heterocycles. The lowest BCUT2D eigenvalue weighted by atomic mass is 9.95. The molecule has 2 heteroatoms. The maximum atomic E-state index is 5.91. The van der Waals surface area contributed by atoms with Gasteiger partial charge in [0, 0.05) is 12.3 Å². The van der Waals surface area contributed by atoms with Crippen molar-refractivity contribution in [3.63, 3.8) is 0 Å². The molecule has 0 unspecified atom stereocenters. The minimum absolute atomic E-state index is 0.650. The average molecular weight is 244 g/mol. The van der Waals surface area contributed by atoms with E-state index in [0.717, 1.165) is 18.4 Å². The van der Waals surface area contributed by atoms with Crippen LogP contribution in [0.5, 0.6) is 0 Å². The van der Waals surface area contributed by atoms with Crippen molar-refractivity contribution in [3.05, 3.63) is 0 Å². The summed E-state index contributed by atoms with van der Waals surface area (Å²) >= 11 is 5.91. The SMILES string of the molecule is CCCC(CCC)CCN=C(CCl)C1CC1. The summed E-state index contributed by atoms with van der Waals surface area (Å²) in [5.41, 5.74) is 1.27. The molecule has 0 radical (unpaired) electrons. The molecule has 0 aliphatic heterocycles. The Morgan fingerprint density at radius 2 is 1.81 bits per heavy atom. The molecule has 0 aromatic carbocycles. The van der Waals surface area contributed by atoms with E-state index in [1.807, 2.05) is 0 Å². The van der Waals surface area contributed by atoms with Crippen LogP contribution in [0.2, 0.25) is 0 Å². The van der Waals surface area contributed by atoms with Gasteiger partial charge < -0.3 is 0 Å². The second kappa shape index (κ2) is 8.11. The molecule has 0 amide bonds.